The summed E-state index contributed by atoms with van der Waals surface area (Å²) in [6, 6.07) is 15.5. The van der Waals surface area contributed by atoms with Crippen LogP contribution in [0.5, 0.6) is 5.75 Å². The molecule has 23 heavy (non-hydrogen) atoms. The van der Waals surface area contributed by atoms with Crippen LogP contribution in [0.15, 0.2) is 36.4 Å². The van der Waals surface area contributed by atoms with Gasteiger partial charge in [-0.2, -0.15) is 0 Å². The highest BCUT2D eigenvalue weighted by molar-refractivity contribution is 5.87. The molecular formula is C22H31O. The molecule has 0 saturated carbocycles. The van der Waals surface area contributed by atoms with Crippen molar-refractivity contribution in [3.8, 4) is 5.75 Å². The van der Waals surface area contributed by atoms with E-state index < -0.39 is 0 Å². The molecule has 0 aliphatic carbocycles. The number of hydrogen-bond acceptors (Lipinski definition) is 1. The number of ether oxygens (including phenoxy) is 1. The maximum absolute atomic E-state index is 5.97. The SMILES string of the molecule is CCCCCCCCCCCCOc1cc[c]c2ccccc12. The Kier molecular flexibility index (Phi) is 8.61. The minimum atomic E-state index is 0.824. The molecule has 0 aliphatic rings. The largest absolute Gasteiger partial charge is 0.493 e. The van der Waals surface area contributed by atoms with Gasteiger partial charge in [-0.3, -0.25) is 0 Å². The first-order chi connectivity index (χ1) is 11.4. The molecule has 1 heteroatoms. The van der Waals surface area contributed by atoms with E-state index >= 15 is 0 Å². The number of hydrogen-bond donors (Lipinski definition) is 0. The van der Waals surface area contributed by atoms with Gasteiger partial charge in [-0.15, -0.1) is 0 Å². The molecule has 1 nitrogen and oxygen atoms in total. The lowest BCUT2D eigenvalue weighted by Gasteiger charge is -2.09. The molecule has 0 unspecified atom stereocenters. The molecule has 0 spiro atoms. The van der Waals surface area contributed by atoms with Gasteiger partial charge in [-0.25, -0.2) is 0 Å². The lowest BCUT2D eigenvalue weighted by atomic mass is 10.1. The van der Waals surface area contributed by atoms with Crippen molar-refractivity contribution in [3.63, 3.8) is 0 Å². The van der Waals surface area contributed by atoms with E-state index in [4.69, 9.17) is 4.74 Å². The van der Waals surface area contributed by atoms with Crippen LogP contribution in [0, 0.1) is 6.07 Å². The third-order valence-corrected chi connectivity index (χ3v) is 4.42. The van der Waals surface area contributed by atoms with Crippen LogP contribution in [0.3, 0.4) is 0 Å². The quantitative estimate of drug-likeness (QED) is 0.386. The number of benzene rings is 2. The van der Waals surface area contributed by atoms with Gasteiger partial charge in [0.05, 0.1) is 6.61 Å². The highest BCUT2D eigenvalue weighted by atomic mass is 16.5. The molecular weight excluding hydrogens is 280 g/mol. The standard InChI is InChI=1S/C22H31O/c1-2-3-4-5-6-7-8-9-10-13-19-23-22-18-14-16-20-15-11-12-17-21(20)22/h11-12,14-15,17-18H,2-10,13,19H2,1H3. The summed E-state index contributed by atoms with van der Waals surface area (Å²) in [5, 5.41) is 2.30. The van der Waals surface area contributed by atoms with Crippen LogP contribution in [0.1, 0.15) is 71.1 Å². The van der Waals surface area contributed by atoms with E-state index in [1.165, 1.54) is 63.2 Å². The topological polar surface area (TPSA) is 9.23 Å². The molecule has 0 amide bonds. The van der Waals surface area contributed by atoms with Crippen molar-refractivity contribution in [2.75, 3.05) is 6.61 Å². The molecule has 0 bridgehead atoms. The monoisotopic (exact) mass is 311 g/mol. The first-order valence-electron chi connectivity index (χ1n) is 9.44. The fraction of sp³-hybridized carbons (Fsp3) is 0.545. The van der Waals surface area contributed by atoms with Gasteiger partial charge in [0.15, 0.2) is 0 Å². The number of rotatable bonds is 12. The number of fused-ring (bicyclic) bond motifs is 1. The second-order valence-electron chi connectivity index (χ2n) is 6.42. The third-order valence-electron chi connectivity index (χ3n) is 4.42. The molecule has 1 radical (unpaired) electrons. The van der Waals surface area contributed by atoms with E-state index in [9.17, 15) is 0 Å². The van der Waals surface area contributed by atoms with Crippen LogP contribution in [0.4, 0.5) is 0 Å². The second kappa shape index (κ2) is 11.1. The molecule has 2 aromatic carbocycles. The Bertz CT molecular complexity index is 541. The molecule has 0 aliphatic heterocycles. The summed E-state index contributed by atoms with van der Waals surface area (Å²) in [6.45, 7) is 3.10. The maximum Gasteiger partial charge on any atom is 0.127 e. The molecule has 0 atom stereocenters. The van der Waals surface area contributed by atoms with Crippen molar-refractivity contribution in [1.82, 2.24) is 0 Å². The van der Waals surface area contributed by atoms with Gasteiger partial charge < -0.3 is 4.74 Å². The fourth-order valence-electron chi connectivity index (χ4n) is 3.02. The van der Waals surface area contributed by atoms with Gasteiger partial charge in [0.2, 0.25) is 0 Å². The zero-order valence-corrected chi connectivity index (χ0v) is 14.7. The molecule has 125 valence electrons. The third kappa shape index (κ3) is 6.64. The molecule has 2 aromatic rings. The molecule has 0 N–H and O–H groups in total. The van der Waals surface area contributed by atoms with Gasteiger partial charge in [-0.05, 0) is 23.9 Å². The average Bonchev–Trinajstić information content (AvgIpc) is 2.60. The first-order valence-corrected chi connectivity index (χ1v) is 9.44. The van der Waals surface area contributed by atoms with E-state index in [1.807, 2.05) is 18.2 Å². The van der Waals surface area contributed by atoms with Gasteiger partial charge in [0, 0.05) is 5.39 Å². The van der Waals surface area contributed by atoms with Crippen LogP contribution in [-0.2, 0) is 0 Å². The molecule has 0 saturated heterocycles. The Morgan fingerprint density at radius 2 is 1.43 bits per heavy atom. The van der Waals surface area contributed by atoms with E-state index in [2.05, 4.69) is 31.2 Å². The summed E-state index contributed by atoms with van der Waals surface area (Å²) in [7, 11) is 0. The van der Waals surface area contributed by atoms with Gasteiger partial charge >= 0.3 is 0 Å². The summed E-state index contributed by atoms with van der Waals surface area (Å²) in [5.74, 6) is 0.996. The summed E-state index contributed by atoms with van der Waals surface area (Å²) >= 11 is 0. The van der Waals surface area contributed by atoms with Crippen molar-refractivity contribution in [2.24, 2.45) is 0 Å². The van der Waals surface area contributed by atoms with Crippen LogP contribution in [-0.4, -0.2) is 6.61 Å². The number of unbranched alkanes of at least 4 members (excludes halogenated alkanes) is 9. The highest BCUT2D eigenvalue weighted by Gasteiger charge is 2.01. The average molecular weight is 311 g/mol. The Morgan fingerprint density at radius 1 is 0.783 bits per heavy atom. The Labute approximate surface area is 142 Å². The molecule has 0 fully saturated rings. The van der Waals surface area contributed by atoms with Gasteiger partial charge in [-0.1, -0.05) is 95.0 Å². The zero-order valence-electron chi connectivity index (χ0n) is 14.7. The molecule has 2 rings (SSSR count). The van der Waals surface area contributed by atoms with E-state index in [-0.39, 0.29) is 0 Å². The van der Waals surface area contributed by atoms with Crippen LogP contribution in [0.2, 0.25) is 0 Å². The van der Waals surface area contributed by atoms with Crippen molar-refractivity contribution in [1.29, 1.82) is 0 Å². The molecule has 0 aromatic heterocycles. The smallest absolute Gasteiger partial charge is 0.127 e. The van der Waals surface area contributed by atoms with Crippen molar-refractivity contribution >= 4 is 10.8 Å². The second-order valence-corrected chi connectivity index (χ2v) is 6.42. The normalized spacial score (nSPS) is 11.0. The Morgan fingerprint density at radius 3 is 2.17 bits per heavy atom. The van der Waals surface area contributed by atoms with Crippen molar-refractivity contribution < 1.29 is 4.74 Å². The van der Waals surface area contributed by atoms with Crippen molar-refractivity contribution in [2.45, 2.75) is 71.1 Å². The summed E-state index contributed by atoms with van der Waals surface area (Å²) in [5.41, 5.74) is 0. The van der Waals surface area contributed by atoms with Crippen molar-refractivity contribution in [3.05, 3.63) is 42.5 Å². The first kappa shape index (κ1) is 17.8. The Hall–Kier alpha value is -1.50. The lowest BCUT2D eigenvalue weighted by Crippen LogP contribution is -1.97. The summed E-state index contributed by atoms with van der Waals surface area (Å²) in [4.78, 5) is 0. The van der Waals surface area contributed by atoms with E-state index in [1.54, 1.807) is 0 Å². The highest BCUT2D eigenvalue weighted by Crippen LogP contribution is 2.25. The molecule has 0 heterocycles. The van der Waals surface area contributed by atoms with Crippen LogP contribution >= 0.6 is 0 Å². The lowest BCUT2D eigenvalue weighted by molar-refractivity contribution is 0.307. The summed E-state index contributed by atoms with van der Waals surface area (Å²) in [6.07, 6.45) is 13.6. The maximum atomic E-state index is 5.97. The predicted molar refractivity (Wildman–Crippen MR) is 100 cm³/mol. The summed E-state index contributed by atoms with van der Waals surface area (Å²) < 4.78 is 5.97. The zero-order chi connectivity index (χ0) is 16.2. The predicted octanol–water partition coefficient (Wildman–Crippen LogP) is 6.94. The van der Waals surface area contributed by atoms with Crippen LogP contribution in [0.25, 0.3) is 10.8 Å². The van der Waals surface area contributed by atoms with Crippen LogP contribution < -0.4 is 4.74 Å². The fourth-order valence-corrected chi connectivity index (χ4v) is 3.02. The Balaban J connectivity index is 1.54. The van der Waals surface area contributed by atoms with E-state index in [0.717, 1.165) is 24.2 Å². The van der Waals surface area contributed by atoms with E-state index in [0.29, 0.717) is 0 Å². The minimum absolute atomic E-state index is 0.824. The van der Waals surface area contributed by atoms with Gasteiger partial charge in [0.1, 0.15) is 5.75 Å². The minimum Gasteiger partial charge on any atom is -0.493 e. The van der Waals surface area contributed by atoms with Gasteiger partial charge in [0.25, 0.3) is 0 Å².